The summed E-state index contributed by atoms with van der Waals surface area (Å²) in [4.78, 5) is 17.3. The predicted octanol–water partition coefficient (Wildman–Crippen LogP) is 6.34. The highest BCUT2D eigenvalue weighted by molar-refractivity contribution is 5.95. The Morgan fingerprint density at radius 3 is 2.63 bits per heavy atom. The third-order valence-electron chi connectivity index (χ3n) is 6.36. The van der Waals surface area contributed by atoms with Crippen LogP contribution >= 0.6 is 0 Å². The normalized spacial score (nSPS) is 15.7. The van der Waals surface area contributed by atoms with E-state index in [4.69, 9.17) is 4.74 Å². The van der Waals surface area contributed by atoms with Gasteiger partial charge in [0.05, 0.1) is 5.52 Å². The number of fused-ring (bicyclic) bond motifs is 1. The van der Waals surface area contributed by atoms with Crippen molar-refractivity contribution < 1.29 is 9.53 Å². The van der Waals surface area contributed by atoms with Crippen molar-refractivity contribution in [3.8, 4) is 11.5 Å². The molecular weight excluding hydrogens is 372 g/mol. The minimum Gasteiger partial charge on any atom is -0.457 e. The number of pyridine rings is 1. The number of nitrogens with zero attached hydrogens (tertiary/aromatic N) is 1. The first-order chi connectivity index (χ1) is 14.5. The average Bonchev–Trinajstić information content (AvgIpc) is 2.76. The summed E-state index contributed by atoms with van der Waals surface area (Å²) in [5.74, 6) is 1.94. The van der Waals surface area contributed by atoms with Gasteiger partial charge in [-0.2, -0.15) is 0 Å². The van der Waals surface area contributed by atoms with Gasteiger partial charge in [0, 0.05) is 23.2 Å². The predicted molar refractivity (Wildman–Crippen MR) is 121 cm³/mol. The quantitative estimate of drug-likeness (QED) is 0.541. The van der Waals surface area contributed by atoms with Gasteiger partial charge < -0.3 is 10.1 Å². The summed E-state index contributed by atoms with van der Waals surface area (Å²) in [7, 11) is 0. The monoisotopic (exact) mass is 402 g/mol. The van der Waals surface area contributed by atoms with Crippen molar-refractivity contribution >= 4 is 16.8 Å². The van der Waals surface area contributed by atoms with Gasteiger partial charge >= 0.3 is 0 Å². The molecule has 1 heterocycles. The van der Waals surface area contributed by atoms with Crippen LogP contribution in [0.3, 0.4) is 0 Å². The Balaban J connectivity index is 1.52. The second-order valence-electron chi connectivity index (χ2n) is 8.55. The molecule has 4 nitrogen and oxygen atoms in total. The molecule has 1 saturated carbocycles. The summed E-state index contributed by atoms with van der Waals surface area (Å²) in [6.07, 6.45) is 8.03. The van der Waals surface area contributed by atoms with Gasteiger partial charge in [-0.15, -0.1) is 0 Å². The average molecular weight is 403 g/mol. The summed E-state index contributed by atoms with van der Waals surface area (Å²) in [6, 6.07) is 13.7. The minimum atomic E-state index is -0.0374. The first-order valence-corrected chi connectivity index (χ1v) is 11.0. The van der Waals surface area contributed by atoms with Crippen LogP contribution < -0.4 is 10.1 Å². The zero-order valence-electron chi connectivity index (χ0n) is 18.1. The Labute approximate surface area is 178 Å². The van der Waals surface area contributed by atoms with Crippen molar-refractivity contribution in [3.05, 3.63) is 65.4 Å². The fourth-order valence-electron chi connectivity index (χ4n) is 4.34. The van der Waals surface area contributed by atoms with Crippen molar-refractivity contribution in [1.82, 2.24) is 10.3 Å². The molecule has 3 aromatic rings. The standard InChI is InChI=1S/C26H30N2O2/c1-17-14-23-24(15-18(17)2)27-13-12-25(23)30-22-11-7-10-21(16-22)26(29)28-19(3)20-8-5-4-6-9-20/h7,10-16,19-20H,4-6,8-9H2,1-3H3,(H,28,29). The summed E-state index contributed by atoms with van der Waals surface area (Å²) in [6.45, 7) is 6.30. The van der Waals surface area contributed by atoms with Crippen LogP contribution in [0.1, 0.15) is 60.5 Å². The van der Waals surface area contributed by atoms with Crippen molar-refractivity contribution in [1.29, 1.82) is 0 Å². The molecule has 0 bridgehead atoms. The first kappa shape index (κ1) is 20.4. The summed E-state index contributed by atoms with van der Waals surface area (Å²) >= 11 is 0. The number of carbonyl (C=O) groups is 1. The Hall–Kier alpha value is -2.88. The Morgan fingerprint density at radius 1 is 1.07 bits per heavy atom. The van der Waals surface area contributed by atoms with E-state index >= 15 is 0 Å². The number of amides is 1. The van der Waals surface area contributed by atoms with E-state index in [2.05, 4.69) is 43.2 Å². The van der Waals surface area contributed by atoms with Crippen LogP contribution in [-0.2, 0) is 0 Å². The second kappa shape index (κ2) is 8.86. The molecule has 156 valence electrons. The maximum Gasteiger partial charge on any atom is 0.251 e. The van der Waals surface area contributed by atoms with Crippen molar-refractivity contribution in [2.45, 2.75) is 58.9 Å². The summed E-state index contributed by atoms with van der Waals surface area (Å²) in [5.41, 5.74) is 3.94. The molecule has 1 fully saturated rings. The Kier molecular flexibility index (Phi) is 6.03. The minimum absolute atomic E-state index is 0.0374. The van der Waals surface area contributed by atoms with E-state index in [0.29, 0.717) is 17.2 Å². The zero-order valence-corrected chi connectivity index (χ0v) is 18.1. The molecule has 1 aromatic heterocycles. The Morgan fingerprint density at radius 2 is 1.83 bits per heavy atom. The van der Waals surface area contributed by atoms with Gasteiger partial charge in [-0.1, -0.05) is 25.3 Å². The third-order valence-corrected chi connectivity index (χ3v) is 6.36. The van der Waals surface area contributed by atoms with Gasteiger partial charge in [0.15, 0.2) is 0 Å². The lowest BCUT2D eigenvalue weighted by Gasteiger charge is -2.28. The van der Waals surface area contributed by atoms with Crippen LogP contribution in [0.5, 0.6) is 11.5 Å². The van der Waals surface area contributed by atoms with Gasteiger partial charge in [-0.05, 0) is 87.1 Å². The molecule has 1 aliphatic rings. The van der Waals surface area contributed by atoms with Gasteiger partial charge in [-0.3, -0.25) is 9.78 Å². The molecule has 4 rings (SSSR count). The van der Waals surface area contributed by atoms with E-state index in [1.165, 1.54) is 43.2 Å². The maximum atomic E-state index is 12.8. The lowest BCUT2D eigenvalue weighted by atomic mass is 9.84. The van der Waals surface area contributed by atoms with Gasteiger partial charge in [0.25, 0.3) is 5.91 Å². The number of benzene rings is 2. The highest BCUT2D eigenvalue weighted by Crippen LogP contribution is 2.31. The molecule has 1 aliphatic carbocycles. The molecular formula is C26H30N2O2. The number of nitrogens with one attached hydrogen (secondary N) is 1. The number of aromatic nitrogens is 1. The van der Waals surface area contributed by atoms with Crippen molar-refractivity contribution in [2.75, 3.05) is 0 Å². The van der Waals surface area contributed by atoms with Crippen LogP contribution in [-0.4, -0.2) is 16.9 Å². The molecule has 1 unspecified atom stereocenters. The van der Waals surface area contributed by atoms with Crippen LogP contribution in [0.4, 0.5) is 0 Å². The van der Waals surface area contributed by atoms with Gasteiger partial charge in [0.2, 0.25) is 0 Å². The topological polar surface area (TPSA) is 51.2 Å². The molecule has 1 atom stereocenters. The zero-order chi connectivity index (χ0) is 21.1. The SMILES string of the molecule is Cc1cc2nccc(Oc3cccc(C(=O)NC(C)C4CCCCC4)c3)c2cc1C. The van der Waals surface area contributed by atoms with Crippen LogP contribution in [0.2, 0.25) is 0 Å². The number of ether oxygens (including phenoxy) is 1. The maximum absolute atomic E-state index is 12.8. The Bertz CT molecular complexity index is 1050. The molecule has 0 aliphatic heterocycles. The third kappa shape index (κ3) is 4.48. The van der Waals surface area contributed by atoms with E-state index in [0.717, 1.165) is 16.7 Å². The number of hydrogen-bond acceptors (Lipinski definition) is 3. The highest BCUT2D eigenvalue weighted by atomic mass is 16.5. The fraction of sp³-hybridized carbons (Fsp3) is 0.385. The molecule has 1 amide bonds. The number of rotatable bonds is 5. The highest BCUT2D eigenvalue weighted by Gasteiger charge is 2.22. The van der Waals surface area contributed by atoms with E-state index in [1.54, 1.807) is 6.20 Å². The lowest BCUT2D eigenvalue weighted by Crippen LogP contribution is -2.38. The van der Waals surface area contributed by atoms with E-state index in [-0.39, 0.29) is 11.9 Å². The lowest BCUT2D eigenvalue weighted by molar-refractivity contribution is 0.0919. The van der Waals surface area contributed by atoms with Crippen LogP contribution in [0, 0.1) is 19.8 Å². The molecule has 30 heavy (non-hydrogen) atoms. The summed E-state index contributed by atoms with van der Waals surface area (Å²) in [5, 5.41) is 4.17. The number of aryl methyl sites for hydroxylation is 2. The van der Waals surface area contributed by atoms with E-state index in [9.17, 15) is 4.79 Å². The molecule has 0 radical (unpaired) electrons. The number of hydrogen-bond donors (Lipinski definition) is 1. The molecule has 1 N–H and O–H groups in total. The largest absolute Gasteiger partial charge is 0.457 e. The van der Waals surface area contributed by atoms with Gasteiger partial charge in [-0.25, -0.2) is 0 Å². The first-order valence-electron chi connectivity index (χ1n) is 11.0. The smallest absolute Gasteiger partial charge is 0.251 e. The van der Waals surface area contributed by atoms with E-state index in [1.807, 2.05) is 30.3 Å². The van der Waals surface area contributed by atoms with Crippen molar-refractivity contribution in [3.63, 3.8) is 0 Å². The molecule has 0 spiro atoms. The van der Waals surface area contributed by atoms with Crippen molar-refractivity contribution in [2.24, 2.45) is 5.92 Å². The molecule has 0 saturated heterocycles. The fourth-order valence-corrected chi connectivity index (χ4v) is 4.34. The second-order valence-corrected chi connectivity index (χ2v) is 8.55. The van der Waals surface area contributed by atoms with Gasteiger partial charge in [0.1, 0.15) is 11.5 Å². The number of carbonyl (C=O) groups excluding carboxylic acids is 1. The van der Waals surface area contributed by atoms with Crippen LogP contribution in [0.15, 0.2) is 48.7 Å². The molecule has 4 heteroatoms. The van der Waals surface area contributed by atoms with E-state index < -0.39 is 0 Å². The van der Waals surface area contributed by atoms with Crippen LogP contribution in [0.25, 0.3) is 10.9 Å². The molecule has 2 aromatic carbocycles. The summed E-state index contributed by atoms with van der Waals surface area (Å²) < 4.78 is 6.18.